The van der Waals surface area contributed by atoms with E-state index in [1.165, 1.54) is 0 Å². The van der Waals surface area contributed by atoms with Gasteiger partial charge in [-0.3, -0.25) is 0 Å². The van der Waals surface area contributed by atoms with Gasteiger partial charge in [0.1, 0.15) is 6.10 Å². The molecule has 0 unspecified atom stereocenters. The van der Waals surface area contributed by atoms with E-state index >= 15 is 0 Å². The van der Waals surface area contributed by atoms with Crippen molar-refractivity contribution in [2.75, 3.05) is 0 Å². The van der Waals surface area contributed by atoms with Crippen molar-refractivity contribution < 1.29 is 9.53 Å². The Morgan fingerprint density at radius 3 is 2.67 bits per heavy atom. The molecule has 0 aromatic heterocycles. The smallest absolute Gasteiger partial charge is 0.408 e. The molecule has 3 heteroatoms. The van der Waals surface area contributed by atoms with Crippen molar-refractivity contribution in [3.05, 3.63) is 42.0 Å². The number of ether oxygens (including phenoxy) is 1. The fraction of sp³-hybridized carbons (Fsp3) is 0.250. The molecular weight excluding hydrogens is 190 g/mol. The second-order valence-electron chi connectivity index (χ2n) is 3.55. The molecule has 1 aromatic carbocycles. The number of alkyl carbamates (subject to hydrolysis) is 1. The van der Waals surface area contributed by atoms with Gasteiger partial charge in [0.15, 0.2) is 0 Å². The molecule has 0 saturated carbocycles. The monoisotopic (exact) mass is 203 g/mol. The van der Waals surface area contributed by atoms with Crippen molar-refractivity contribution in [3.8, 4) is 0 Å². The zero-order valence-electron chi connectivity index (χ0n) is 8.51. The first-order chi connectivity index (χ1) is 7.25. The number of amides is 1. The van der Waals surface area contributed by atoms with Crippen molar-refractivity contribution in [2.45, 2.75) is 19.1 Å². The predicted octanol–water partition coefficient (Wildman–Crippen LogP) is 2.20. The summed E-state index contributed by atoms with van der Waals surface area (Å²) in [5.74, 6) is 0. The number of hydrogen-bond donors (Lipinski definition) is 1. The molecule has 3 nitrogen and oxygen atoms in total. The SMILES string of the molecule is C[C@@H]1OC(=O)N[C@H]1/C=C/c1ccccc1. The summed E-state index contributed by atoms with van der Waals surface area (Å²) in [7, 11) is 0. The molecule has 78 valence electrons. The van der Waals surface area contributed by atoms with Gasteiger partial charge in [-0.05, 0) is 12.5 Å². The van der Waals surface area contributed by atoms with Crippen LogP contribution in [0.5, 0.6) is 0 Å². The maximum atomic E-state index is 10.9. The summed E-state index contributed by atoms with van der Waals surface area (Å²) in [6, 6.07) is 9.93. The molecular formula is C12H13NO2. The average molecular weight is 203 g/mol. The van der Waals surface area contributed by atoms with Gasteiger partial charge in [0.05, 0.1) is 6.04 Å². The van der Waals surface area contributed by atoms with Crippen LogP contribution >= 0.6 is 0 Å². The van der Waals surface area contributed by atoms with Gasteiger partial charge >= 0.3 is 6.09 Å². The third-order valence-electron chi connectivity index (χ3n) is 2.38. The zero-order valence-corrected chi connectivity index (χ0v) is 8.51. The minimum atomic E-state index is -0.342. The molecule has 0 radical (unpaired) electrons. The number of carbonyl (C=O) groups is 1. The average Bonchev–Trinajstić information content (AvgIpc) is 2.56. The third kappa shape index (κ3) is 2.37. The largest absolute Gasteiger partial charge is 0.444 e. The highest BCUT2D eigenvalue weighted by Gasteiger charge is 2.27. The van der Waals surface area contributed by atoms with E-state index in [1.54, 1.807) is 0 Å². The van der Waals surface area contributed by atoms with Crippen LogP contribution in [0, 0.1) is 0 Å². The van der Waals surface area contributed by atoms with Gasteiger partial charge in [-0.25, -0.2) is 4.79 Å². The van der Waals surface area contributed by atoms with Crippen LogP contribution in [0.4, 0.5) is 4.79 Å². The Hall–Kier alpha value is -1.77. The summed E-state index contributed by atoms with van der Waals surface area (Å²) in [4.78, 5) is 10.9. The van der Waals surface area contributed by atoms with Crippen molar-refractivity contribution in [3.63, 3.8) is 0 Å². The Labute approximate surface area is 88.8 Å². The summed E-state index contributed by atoms with van der Waals surface area (Å²) in [6.45, 7) is 1.87. The van der Waals surface area contributed by atoms with E-state index < -0.39 is 0 Å². The van der Waals surface area contributed by atoms with E-state index in [0.29, 0.717) is 0 Å². The van der Waals surface area contributed by atoms with Crippen LogP contribution in [0.3, 0.4) is 0 Å². The van der Waals surface area contributed by atoms with Gasteiger partial charge in [0.25, 0.3) is 0 Å². The summed E-state index contributed by atoms with van der Waals surface area (Å²) in [6.07, 6.45) is 3.49. The lowest BCUT2D eigenvalue weighted by molar-refractivity contribution is 0.144. The van der Waals surface area contributed by atoms with Crippen LogP contribution < -0.4 is 5.32 Å². The number of rotatable bonds is 2. The van der Waals surface area contributed by atoms with Crippen LogP contribution in [-0.4, -0.2) is 18.2 Å². The first-order valence-electron chi connectivity index (χ1n) is 4.96. The second-order valence-corrected chi connectivity index (χ2v) is 3.55. The highest BCUT2D eigenvalue weighted by Crippen LogP contribution is 2.11. The van der Waals surface area contributed by atoms with Gasteiger partial charge in [-0.2, -0.15) is 0 Å². The Balaban J connectivity index is 2.03. The molecule has 2 rings (SSSR count). The molecule has 0 spiro atoms. The third-order valence-corrected chi connectivity index (χ3v) is 2.38. The second kappa shape index (κ2) is 4.17. The highest BCUT2D eigenvalue weighted by atomic mass is 16.6. The molecule has 1 N–H and O–H groups in total. The summed E-state index contributed by atoms with van der Waals surface area (Å²) in [5.41, 5.74) is 1.12. The van der Waals surface area contributed by atoms with E-state index in [-0.39, 0.29) is 18.2 Å². The zero-order chi connectivity index (χ0) is 10.7. The van der Waals surface area contributed by atoms with Crippen molar-refractivity contribution >= 4 is 12.2 Å². The highest BCUT2D eigenvalue weighted by molar-refractivity contribution is 5.71. The molecule has 1 aliphatic heterocycles. The van der Waals surface area contributed by atoms with Crippen molar-refractivity contribution in [1.29, 1.82) is 0 Å². The number of cyclic esters (lactones) is 1. The lowest BCUT2D eigenvalue weighted by Crippen LogP contribution is -2.27. The topological polar surface area (TPSA) is 38.3 Å². The molecule has 1 fully saturated rings. The minimum Gasteiger partial charge on any atom is -0.444 e. The normalized spacial score (nSPS) is 25.3. The Morgan fingerprint density at radius 2 is 2.07 bits per heavy atom. The maximum absolute atomic E-state index is 10.9. The molecule has 15 heavy (non-hydrogen) atoms. The predicted molar refractivity (Wildman–Crippen MR) is 58.3 cm³/mol. The molecule has 0 bridgehead atoms. The minimum absolute atomic E-state index is 0.0299. The Morgan fingerprint density at radius 1 is 1.33 bits per heavy atom. The number of hydrogen-bond acceptors (Lipinski definition) is 2. The fourth-order valence-corrected chi connectivity index (χ4v) is 1.51. The number of benzene rings is 1. The van der Waals surface area contributed by atoms with E-state index in [9.17, 15) is 4.79 Å². The lowest BCUT2D eigenvalue weighted by atomic mass is 10.1. The molecule has 1 saturated heterocycles. The standard InChI is InChI=1S/C12H13NO2/c1-9-11(13-12(14)15-9)8-7-10-5-3-2-4-6-10/h2-9,11H,1H3,(H,13,14)/b8-7+/t9-,11-/m0/s1. The van der Waals surface area contributed by atoms with Crippen molar-refractivity contribution in [1.82, 2.24) is 5.32 Å². The molecule has 1 aromatic rings. The first kappa shape index (κ1) is 9.77. The molecule has 1 amide bonds. The molecule has 2 atom stereocenters. The first-order valence-corrected chi connectivity index (χ1v) is 4.96. The molecule has 1 heterocycles. The van der Waals surface area contributed by atoms with Gasteiger partial charge < -0.3 is 10.1 Å². The van der Waals surface area contributed by atoms with E-state index in [4.69, 9.17) is 4.74 Å². The molecule has 0 aliphatic carbocycles. The van der Waals surface area contributed by atoms with Gasteiger partial charge in [-0.1, -0.05) is 42.5 Å². The van der Waals surface area contributed by atoms with Crippen LogP contribution in [0.2, 0.25) is 0 Å². The van der Waals surface area contributed by atoms with Crippen LogP contribution in [0.1, 0.15) is 12.5 Å². The van der Waals surface area contributed by atoms with E-state index in [2.05, 4.69) is 5.32 Å². The van der Waals surface area contributed by atoms with Crippen LogP contribution in [-0.2, 0) is 4.74 Å². The Bertz CT molecular complexity index is 372. The van der Waals surface area contributed by atoms with Crippen LogP contribution in [0.25, 0.3) is 6.08 Å². The number of nitrogens with one attached hydrogen (secondary N) is 1. The fourth-order valence-electron chi connectivity index (χ4n) is 1.51. The van der Waals surface area contributed by atoms with Crippen molar-refractivity contribution in [2.24, 2.45) is 0 Å². The van der Waals surface area contributed by atoms with Gasteiger partial charge in [0, 0.05) is 0 Å². The summed E-state index contributed by atoms with van der Waals surface area (Å²) >= 11 is 0. The number of carbonyl (C=O) groups excluding carboxylic acids is 1. The van der Waals surface area contributed by atoms with Gasteiger partial charge in [0.2, 0.25) is 0 Å². The molecule has 1 aliphatic rings. The van der Waals surface area contributed by atoms with E-state index in [1.807, 2.05) is 49.4 Å². The quantitative estimate of drug-likeness (QED) is 0.800. The van der Waals surface area contributed by atoms with Gasteiger partial charge in [-0.15, -0.1) is 0 Å². The Kier molecular flexibility index (Phi) is 2.72. The van der Waals surface area contributed by atoms with E-state index in [0.717, 1.165) is 5.56 Å². The maximum Gasteiger partial charge on any atom is 0.408 e. The summed E-state index contributed by atoms with van der Waals surface area (Å²) < 4.78 is 4.96. The lowest BCUT2D eigenvalue weighted by Gasteiger charge is -2.06. The van der Waals surface area contributed by atoms with Crippen LogP contribution in [0.15, 0.2) is 36.4 Å². The summed E-state index contributed by atoms with van der Waals surface area (Å²) in [5, 5.41) is 2.73.